The zero-order valence-corrected chi connectivity index (χ0v) is 50.7. The number of aliphatic carboxylic acids is 3. The van der Waals surface area contributed by atoms with Gasteiger partial charge >= 0.3 is 40.7 Å². The van der Waals surface area contributed by atoms with Gasteiger partial charge in [-0.25, -0.2) is 59.2 Å². The first kappa shape index (κ1) is 68.1. The van der Waals surface area contributed by atoms with Crippen molar-refractivity contribution in [1.82, 2.24) is 58.6 Å². The van der Waals surface area contributed by atoms with Crippen LogP contribution in [0.5, 0.6) is 0 Å². The number of nitrogens with zero attached hydrogens (tertiary/aromatic N) is 12. The number of anilines is 3. The lowest BCUT2D eigenvalue weighted by molar-refractivity contribution is -0.150. The molecule has 6 aromatic heterocycles. The normalized spacial score (nSPS) is 26.4. The number of hydrogen-bond acceptors (Lipinski definition) is 31. The van der Waals surface area contributed by atoms with Crippen molar-refractivity contribution in [3.63, 3.8) is 0 Å². The monoisotopic (exact) mass is 1610 g/mol. The van der Waals surface area contributed by atoms with Gasteiger partial charge in [0, 0.05) is 67.8 Å². The molecule has 0 spiro atoms. The Hall–Kier alpha value is -4.42. The molecule has 0 aliphatic carbocycles. The smallest absolute Gasteiger partial charge is 0.365 e. The quantitative estimate of drug-likeness (QED) is 0.0156. The van der Waals surface area contributed by atoms with Gasteiger partial charge in [-0.3, -0.25) is 38.1 Å². The van der Waals surface area contributed by atoms with Gasteiger partial charge in [0.2, 0.25) is 0 Å². The van der Waals surface area contributed by atoms with E-state index in [-0.39, 0.29) is 54.8 Å². The van der Waals surface area contributed by atoms with E-state index in [0.717, 1.165) is 0 Å². The van der Waals surface area contributed by atoms with Gasteiger partial charge in [-0.15, -0.1) is 0 Å². The average molecular weight is 1610 g/mol. The fraction of sp³-hybridized carbons (Fsp3) is 0.500. The number of nitrogen functional groups attached to an aromatic ring is 2. The number of ether oxygens (including phenoxy) is 6. The molecule has 0 aromatic carbocycles. The molecule has 0 saturated carbocycles. The van der Waals surface area contributed by atoms with Crippen molar-refractivity contribution in [1.29, 1.82) is 0 Å². The predicted molar refractivity (Wildman–Crippen MR) is 294 cm³/mol. The Bertz CT molecular complexity index is 3440. The van der Waals surface area contributed by atoms with Crippen molar-refractivity contribution in [3.8, 4) is 0 Å². The minimum Gasteiger partial charge on any atom is -0.479 e. The van der Waals surface area contributed by atoms with E-state index in [0.29, 0.717) is 7.66 Å². The third kappa shape index (κ3) is 15.2. The second-order valence-electron chi connectivity index (χ2n) is 17.7. The molecule has 0 radical (unpaired) electrons. The maximum atomic E-state index is 11.2. The molecule has 468 valence electrons. The minimum atomic E-state index is -5.12. The average Bonchev–Trinajstić information content (AvgIpc) is 1.87. The molecule has 15 atom stereocenters. The number of rotatable bonds is 19. The molecule has 49 heteroatoms. The molecular formula is C36H45I3N15O28P3. The molecule has 1 unspecified atom stereocenters. The zero-order chi connectivity index (χ0) is 63.1. The number of aliphatic hydroxyl groups excluding tert-OH is 6. The molecule has 43 nitrogen and oxygen atoms in total. The van der Waals surface area contributed by atoms with Crippen LogP contribution in [0.4, 0.5) is 17.5 Å². The number of carboxylic acid groups (broad SMARTS) is 3. The van der Waals surface area contributed by atoms with Crippen molar-refractivity contribution < 1.29 is 137 Å². The largest absolute Gasteiger partial charge is 0.479 e. The van der Waals surface area contributed by atoms with Crippen molar-refractivity contribution in [3.05, 3.63) is 30.5 Å². The van der Waals surface area contributed by atoms with E-state index in [1.54, 1.807) is 22.6 Å². The summed E-state index contributed by atoms with van der Waals surface area (Å²) >= 11 is 5.45. The van der Waals surface area contributed by atoms with Crippen LogP contribution in [0.15, 0.2) is 19.0 Å². The number of nitrogens with two attached hydrogens (primary N) is 2. The number of carboxylic acids is 3. The van der Waals surface area contributed by atoms with Crippen LogP contribution in [0.2, 0.25) is 0 Å². The fourth-order valence-electron chi connectivity index (χ4n) is 8.13. The Morgan fingerprint density at radius 1 is 0.506 bits per heavy atom. The molecular weight excluding hydrogens is 1560 g/mol. The van der Waals surface area contributed by atoms with Gasteiger partial charge < -0.3 is 115 Å². The summed E-state index contributed by atoms with van der Waals surface area (Å²) in [6.45, 7) is -2.12. The van der Waals surface area contributed by atoms with E-state index in [9.17, 15) is 58.7 Å². The number of carbonyl (C=O) groups is 3. The Morgan fingerprint density at radius 3 is 1.05 bits per heavy atom. The molecule has 21 N–H and O–H groups in total. The number of aromatic nitrogens is 12. The van der Waals surface area contributed by atoms with Crippen LogP contribution in [0.3, 0.4) is 0 Å². The number of aliphatic hydroxyl groups is 6. The summed E-state index contributed by atoms with van der Waals surface area (Å²) in [7, 11) is -15.3. The third-order valence-electron chi connectivity index (χ3n) is 12.0. The topological polar surface area (TPSA) is 676 Å². The highest BCUT2D eigenvalue weighted by Crippen LogP contribution is 2.45. The molecule has 0 bridgehead atoms. The zero-order valence-electron chi connectivity index (χ0n) is 41.6. The first-order valence-corrected chi connectivity index (χ1v) is 31.2. The SMILES string of the molecule is Nc1nc(I)nc2c1ncn2[C@@H]1O[C@H](CO[C@@H](C(=O)O)P(=O)(O)O)[C@@H](O)[C@H]1O.Nc1nc(I)nc2c1ncn2[C@@H]1O[C@H](CO[C@H](C(=O)O)P(=O)(O)O)[C@@H](O)[C@H]1O.O=C(O)C(OC[C@H]1O[C@@H](n2cnc3c(NO)nc(I)nc32)[C@H](O)[C@@H]1O)P(=O)(O)O. The van der Waals surface area contributed by atoms with Crippen molar-refractivity contribution in [2.24, 2.45) is 0 Å². The van der Waals surface area contributed by atoms with Crippen LogP contribution in [0, 0.1) is 11.5 Å². The summed E-state index contributed by atoms with van der Waals surface area (Å²) in [4.78, 5) is 123. The van der Waals surface area contributed by atoms with Gasteiger partial charge in [-0.2, -0.15) is 0 Å². The Morgan fingerprint density at radius 2 is 0.776 bits per heavy atom. The third-order valence-corrected chi connectivity index (χ3v) is 16.4. The lowest BCUT2D eigenvalue weighted by Crippen LogP contribution is -2.36. The molecule has 0 amide bonds. The molecule has 6 aromatic rings. The summed E-state index contributed by atoms with van der Waals surface area (Å²) < 4.78 is 69.0. The maximum Gasteiger partial charge on any atom is 0.365 e. The number of hydrogen-bond donors (Lipinski definition) is 19. The lowest BCUT2D eigenvalue weighted by atomic mass is 10.1. The highest BCUT2D eigenvalue weighted by molar-refractivity contribution is 14.1. The molecule has 3 aliphatic heterocycles. The first-order chi connectivity index (χ1) is 39.5. The second kappa shape index (κ2) is 27.1. The second-order valence-corrected chi connectivity index (χ2v) is 25.5. The first-order valence-electron chi connectivity index (χ1n) is 22.9. The molecule has 85 heavy (non-hydrogen) atoms. The van der Waals surface area contributed by atoms with Gasteiger partial charge in [-0.1, -0.05) is 0 Å². The summed E-state index contributed by atoms with van der Waals surface area (Å²) in [5.41, 5.74) is 14.7. The van der Waals surface area contributed by atoms with Crippen LogP contribution in [0.25, 0.3) is 33.5 Å². The van der Waals surface area contributed by atoms with E-state index < -0.39 is 152 Å². The van der Waals surface area contributed by atoms with E-state index in [2.05, 4.69) is 44.9 Å². The Kier molecular flexibility index (Phi) is 21.7. The molecule has 9 rings (SSSR count). The fourth-order valence-corrected chi connectivity index (χ4v) is 11.3. The molecule has 9 heterocycles. The highest BCUT2D eigenvalue weighted by atomic mass is 127. The number of imidazole rings is 3. The van der Waals surface area contributed by atoms with Crippen LogP contribution >= 0.6 is 90.6 Å². The minimum absolute atomic E-state index is 0.00277. The molecule has 3 aliphatic rings. The summed E-state index contributed by atoms with van der Waals surface area (Å²) in [6, 6.07) is 0. The summed E-state index contributed by atoms with van der Waals surface area (Å²) in [6.07, 6.45) is -12.8. The van der Waals surface area contributed by atoms with E-state index in [1.165, 1.54) is 32.7 Å². The Labute approximate surface area is 510 Å². The summed E-state index contributed by atoms with van der Waals surface area (Å²) in [5.74, 6) is -12.7. The van der Waals surface area contributed by atoms with Gasteiger partial charge in [0.15, 0.2) is 70.1 Å². The van der Waals surface area contributed by atoms with E-state index in [1.807, 2.05) is 50.7 Å². The molecule has 3 saturated heterocycles. The van der Waals surface area contributed by atoms with Crippen LogP contribution in [0.1, 0.15) is 18.7 Å². The van der Waals surface area contributed by atoms with Gasteiger partial charge in [0.25, 0.3) is 17.5 Å². The van der Waals surface area contributed by atoms with Crippen LogP contribution in [-0.2, 0) is 56.5 Å². The van der Waals surface area contributed by atoms with Crippen LogP contribution < -0.4 is 16.9 Å². The standard InChI is InChI=1S/C12H15IN5O10P.2C12H15IN5O9P/c13-12-15-7(17-23)4-8(16-12)18(2-14-4)9-6(20)5(19)3(28-9)1-27-11(10(21)22)29(24,25)26;2*13-12-16-7(14)4-8(17-12)18(2-15-4)9-6(20)5(19)3(27-9)1-26-11(10(21)22)28(23,24)25/h2-3,5-6,9,11,19-20,23H,1H2,(H,21,22)(H,15,16,17)(H2,24,25,26);2*2-3,5-6,9,11,19-20H,1H2,(H,21,22)(H2,14,16,17)(H2,23,24,25)/t3-,5-,6-,9-,11?;3-,5-,6-,9-,11+;3-,5-,6-,9-,11-/m111/s1. The highest BCUT2D eigenvalue weighted by Gasteiger charge is 2.50. The predicted octanol–water partition coefficient (Wildman–Crippen LogP) is -5.07. The van der Waals surface area contributed by atoms with Crippen molar-refractivity contribution in [2.75, 3.05) is 36.8 Å². The Balaban J connectivity index is 0.000000183. The number of nitrogens with one attached hydrogen (secondary N) is 1. The van der Waals surface area contributed by atoms with Gasteiger partial charge in [0.05, 0.1) is 38.8 Å². The van der Waals surface area contributed by atoms with Crippen molar-refractivity contribution in [2.45, 2.75) is 91.2 Å². The summed E-state index contributed by atoms with van der Waals surface area (Å²) in [5, 5.41) is 97.2. The number of halogens is 3. The van der Waals surface area contributed by atoms with Crippen LogP contribution in [-0.4, -0.2) is 249 Å². The van der Waals surface area contributed by atoms with Gasteiger partial charge in [-0.05, 0) is 0 Å². The maximum absolute atomic E-state index is 11.2. The van der Waals surface area contributed by atoms with Crippen molar-refractivity contribution >= 4 is 159 Å². The van der Waals surface area contributed by atoms with Gasteiger partial charge in [0.1, 0.15) is 66.0 Å². The molecule has 3 fully saturated rings. The van der Waals surface area contributed by atoms with E-state index in [4.69, 9.17) is 89.8 Å². The lowest BCUT2D eigenvalue weighted by Gasteiger charge is -2.19. The number of fused-ring (bicyclic) bond motifs is 3. The van der Waals surface area contributed by atoms with E-state index >= 15 is 0 Å².